The number of ether oxygens (including phenoxy) is 3. The normalized spacial score (nSPS) is 37.7. The molecule has 1 N–H and O–H groups in total. The highest BCUT2D eigenvalue weighted by Crippen LogP contribution is 2.53. The number of nitrogens with zero attached hydrogens (tertiary/aromatic N) is 2. The number of hydrogen-bond donors (Lipinski definition) is 1. The van der Waals surface area contributed by atoms with Crippen LogP contribution >= 0.6 is 11.3 Å². The summed E-state index contributed by atoms with van der Waals surface area (Å²) in [5.41, 5.74) is -6.57. The summed E-state index contributed by atoms with van der Waals surface area (Å²) in [6, 6.07) is 4.70. The van der Waals surface area contributed by atoms with Gasteiger partial charge in [0, 0.05) is 42.1 Å². The summed E-state index contributed by atoms with van der Waals surface area (Å²) in [5.74, 6) is 1.49. The van der Waals surface area contributed by atoms with Crippen molar-refractivity contribution in [3.63, 3.8) is 0 Å². The molecule has 12 heteroatoms. The van der Waals surface area contributed by atoms with Gasteiger partial charge in [0.15, 0.2) is 17.2 Å². The van der Waals surface area contributed by atoms with E-state index in [0.717, 1.165) is 16.7 Å². The quantitative estimate of drug-likeness (QED) is 0.282. The third-order valence-electron chi connectivity index (χ3n) is 10.0. The second kappa shape index (κ2) is 12.8. The minimum atomic E-state index is -2.96. The van der Waals surface area contributed by atoms with Crippen molar-refractivity contribution in [2.24, 2.45) is 23.2 Å². The Bertz CT molecular complexity index is 1620. The summed E-state index contributed by atoms with van der Waals surface area (Å²) in [7, 11) is 0. The Hall–Kier alpha value is -3.53. The fourth-order valence-electron chi connectivity index (χ4n) is 7.89. The molecule has 3 saturated heterocycles. The first-order valence-corrected chi connectivity index (χ1v) is 16.8. The topological polar surface area (TPSA) is 134 Å². The molecule has 0 saturated carbocycles. The fraction of sp³-hybridized carbons (Fsp3) is 0.600. The van der Waals surface area contributed by atoms with Crippen molar-refractivity contribution in [2.45, 2.75) is 96.7 Å². The number of nitrogens with one attached hydrogen (secondary N) is 1. The number of halogens is 1. The number of Topliss-reactive ketones (excluding diaryl/α,β-unsaturated/α-hetero) is 2. The van der Waals surface area contributed by atoms with Gasteiger partial charge < -0.3 is 19.5 Å². The van der Waals surface area contributed by atoms with Crippen LogP contribution in [0.25, 0.3) is 10.7 Å². The molecule has 3 fully saturated rings. The van der Waals surface area contributed by atoms with E-state index in [2.05, 4.69) is 27.1 Å². The largest absolute Gasteiger partial charge is 0.455 e. The molecular weight excluding hydrogens is 625 g/mol. The first kappa shape index (κ1) is 34.8. The summed E-state index contributed by atoms with van der Waals surface area (Å²) in [6.07, 6.45) is 2.67. The maximum absolute atomic E-state index is 16.1. The van der Waals surface area contributed by atoms with Crippen molar-refractivity contribution in [3.05, 3.63) is 35.5 Å². The van der Waals surface area contributed by atoms with Crippen LogP contribution in [0.15, 0.2) is 30.6 Å². The van der Waals surface area contributed by atoms with Gasteiger partial charge in [-0.1, -0.05) is 39.5 Å². The zero-order chi connectivity index (χ0) is 34.4. The molecule has 3 aliphatic rings. The second-order valence-corrected chi connectivity index (χ2v) is 15.0. The van der Waals surface area contributed by atoms with Crippen LogP contribution < -0.4 is 5.32 Å². The zero-order valence-corrected chi connectivity index (χ0v) is 28.7. The maximum Gasteiger partial charge on any atom is 0.351 e. The molecule has 2 aromatic rings. The molecule has 1 unspecified atom stereocenters. The van der Waals surface area contributed by atoms with Crippen LogP contribution in [0.4, 0.5) is 4.39 Å². The highest BCUT2D eigenvalue weighted by atomic mass is 32.1. The average Bonchev–Trinajstić information content (AvgIpc) is 3.73. The molecule has 0 amide bonds. The molecule has 0 spiro atoms. The minimum Gasteiger partial charge on any atom is -0.455 e. The summed E-state index contributed by atoms with van der Waals surface area (Å²) in [4.78, 5) is 64.5. The Morgan fingerprint density at radius 3 is 2.36 bits per heavy atom. The van der Waals surface area contributed by atoms with Crippen molar-refractivity contribution in [2.75, 3.05) is 13.2 Å². The molecular formula is C35H42FN3O7S. The fourth-order valence-corrected chi connectivity index (χ4v) is 8.72. The number of esters is 2. The lowest BCUT2D eigenvalue weighted by atomic mass is 9.62. The number of thiophene rings is 1. The van der Waals surface area contributed by atoms with Crippen LogP contribution in [-0.4, -0.2) is 75.6 Å². The molecule has 10 nitrogen and oxygen atoms in total. The monoisotopic (exact) mass is 667 g/mol. The first-order chi connectivity index (χ1) is 22.1. The molecule has 5 rings (SSSR count). The lowest BCUT2D eigenvalue weighted by Crippen LogP contribution is -2.57. The standard InChI is InChI=1S/C35H42FN3O7S/c1-8-24-35(7)26-25(30(42)46-35)39-19-33(26,5)27(40)20(2)17-32(4,18-21(3)28(41)34(6,36)31(43)45-24)44-16-9-11-22-12-13-23(47-22)29-37-14-10-15-38-29/h10,12-15,20-21,24-26,39H,8,16-19H2,1-7H3/t20-,21-,24+,25-,26?,32-,33-,34-,35-/m1/s1. The van der Waals surface area contributed by atoms with E-state index in [0.29, 0.717) is 5.82 Å². The van der Waals surface area contributed by atoms with Crippen molar-refractivity contribution in [3.8, 4) is 22.5 Å². The summed E-state index contributed by atoms with van der Waals surface area (Å²) in [5, 5.41) is 3.16. The van der Waals surface area contributed by atoms with Gasteiger partial charge in [-0.15, -0.1) is 11.3 Å². The molecule has 5 heterocycles. The highest BCUT2D eigenvalue weighted by molar-refractivity contribution is 7.15. The molecule has 252 valence electrons. The molecule has 0 aromatic carbocycles. The summed E-state index contributed by atoms with van der Waals surface area (Å²) >= 11 is 1.44. The van der Waals surface area contributed by atoms with Gasteiger partial charge in [-0.05, 0) is 58.2 Å². The van der Waals surface area contributed by atoms with E-state index in [4.69, 9.17) is 14.2 Å². The number of alkyl halides is 1. The average molecular weight is 668 g/mol. The van der Waals surface area contributed by atoms with Crippen LogP contribution in [0.2, 0.25) is 0 Å². The maximum atomic E-state index is 16.1. The third-order valence-corrected chi connectivity index (χ3v) is 11.0. The van der Waals surface area contributed by atoms with E-state index in [1.54, 1.807) is 53.1 Å². The van der Waals surface area contributed by atoms with E-state index in [9.17, 15) is 19.2 Å². The van der Waals surface area contributed by atoms with E-state index < -0.39 is 69.9 Å². The van der Waals surface area contributed by atoms with Gasteiger partial charge in [-0.2, -0.15) is 0 Å². The lowest BCUT2D eigenvalue weighted by molar-refractivity contribution is -0.192. The Labute approximate surface area is 278 Å². The number of hydrogen-bond acceptors (Lipinski definition) is 11. The van der Waals surface area contributed by atoms with Gasteiger partial charge in [0.2, 0.25) is 0 Å². The number of cyclic esters (lactones) is 1. The number of carbonyl (C=O) groups is 4. The van der Waals surface area contributed by atoms with E-state index >= 15 is 4.39 Å². The molecule has 0 aliphatic carbocycles. The van der Waals surface area contributed by atoms with Gasteiger partial charge >= 0.3 is 11.9 Å². The number of rotatable bonds is 4. The Morgan fingerprint density at radius 2 is 1.70 bits per heavy atom. The van der Waals surface area contributed by atoms with Crippen molar-refractivity contribution in [1.82, 2.24) is 15.3 Å². The predicted octanol–water partition coefficient (Wildman–Crippen LogP) is 4.50. The van der Waals surface area contributed by atoms with Crippen molar-refractivity contribution in [1.29, 1.82) is 0 Å². The molecule has 2 aromatic heterocycles. The van der Waals surface area contributed by atoms with Gasteiger partial charge in [0.25, 0.3) is 5.67 Å². The third kappa shape index (κ3) is 6.37. The van der Waals surface area contributed by atoms with E-state index in [1.807, 2.05) is 12.1 Å². The highest BCUT2D eigenvalue weighted by Gasteiger charge is 2.69. The number of carbonyl (C=O) groups excluding carboxylic acids is 4. The Kier molecular flexibility index (Phi) is 9.49. The molecule has 47 heavy (non-hydrogen) atoms. The lowest BCUT2D eigenvalue weighted by Gasteiger charge is -2.44. The van der Waals surface area contributed by atoms with Crippen LogP contribution in [-0.2, 0) is 33.4 Å². The van der Waals surface area contributed by atoms with Crippen LogP contribution in [0, 0.1) is 35.0 Å². The van der Waals surface area contributed by atoms with Gasteiger partial charge in [0.05, 0.1) is 15.4 Å². The SMILES string of the molecule is CC[C@@H]1OC(=O)[C@](C)(F)C(=O)[C@H](C)C[C@](C)(OCC#Cc2ccc(-c3ncccn3)s2)C[C@@H](C)C(=O)[C@]2(C)CN[C@H]3C(=O)O[C@@]1(C)C32. The van der Waals surface area contributed by atoms with Crippen LogP contribution in [0.3, 0.4) is 0 Å². The Morgan fingerprint density at radius 1 is 1.04 bits per heavy atom. The molecule has 0 bridgehead atoms. The summed E-state index contributed by atoms with van der Waals surface area (Å²) in [6.45, 7) is 11.4. The smallest absolute Gasteiger partial charge is 0.351 e. The molecule has 0 radical (unpaired) electrons. The van der Waals surface area contributed by atoms with E-state index in [-0.39, 0.29) is 38.2 Å². The Balaban J connectivity index is 1.45. The number of aromatic nitrogens is 2. The van der Waals surface area contributed by atoms with Gasteiger partial charge in [0.1, 0.15) is 24.5 Å². The van der Waals surface area contributed by atoms with Gasteiger partial charge in [-0.3, -0.25) is 14.4 Å². The van der Waals surface area contributed by atoms with E-state index in [1.165, 1.54) is 18.3 Å². The predicted molar refractivity (Wildman–Crippen MR) is 172 cm³/mol. The van der Waals surface area contributed by atoms with Crippen LogP contribution in [0.1, 0.15) is 72.6 Å². The second-order valence-electron chi connectivity index (χ2n) is 13.9. The molecule has 3 aliphatic heterocycles. The summed E-state index contributed by atoms with van der Waals surface area (Å²) < 4.78 is 33.9. The van der Waals surface area contributed by atoms with Crippen molar-refractivity contribution < 1.29 is 37.8 Å². The van der Waals surface area contributed by atoms with Crippen LogP contribution in [0.5, 0.6) is 0 Å². The molecule has 9 atom stereocenters. The van der Waals surface area contributed by atoms with Crippen molar-refractivity contribution >= 4 is 34.8 Å². The minimum absolute atomic E-state index is 0.0234. The first-order valence-electron chi connectivity index (χ1n) is 16.0. The van der Waals surface area contributed by atoms with Gasteiger partial charge in [-0.25, -0.2) is 19.2 Å². The zero-order valence-electron chi connectivity index (χ0n) is 27.8. The number of ketones is 2.